The number of benzene rings is 1. The van der Waals surface area contributed by atoms with Gasteiger partial charge in [0.1, 0.15) is 4.88 Å². The number of nitrogens with zero attached hydrogens (tertiary/aromatic N) is 2. The number of aromatic nitrogens is 2. The van der Waals surface area contributed by atoms with Gasteiger partial charge in [-0.25, -0.2) is 0 Å². The van der Waals surface area contributed by atoms with Crippen LogP contribution < -0.4 is 5.32 Å². The molecule has 1 aromatic carbocycles. The second-order valence-electron chi connectivity index (χ2n) is 5.84. The average Bonchev–Trinajstić information content (AvgIpc) is 2.94. The molecule has 4 nitrogen and oxygen atoms in total. The fraction of sp³-hybridized carbons (Fsp3) is 0.400. The van der Waals surface area contributed by atoms with Gasteiger partial charge < -0.3 is 5.32 Å². The van der Waals surface area contributed by atoms with Crippen molar-refractivity contribution in [2.75, 3.05) is 0 Å². The molecular formula is C15H18BrN3OS. The maximum Gasteiger partial charge on any atom is 0.265 e. The SMILES string of the molecule is CC(C)(C)c1nnsc1C(=O)NCc1cccc(CBr)c1. The summed E-state index contributed by atoms with van der Waals surface area (Å²) in [4.78, 5) is 12.9. The molecule has 0 aliphatic carbocycles. The molecule has 21 heavy (non-hydrogen) atoms. The van der Waals surface area contributed by atoms with Gasteiger partial charge in [-0.2, -0.15) is 0 Å². The summed E-state index contributed by atoms with van der Waals surface area (Å²) in [5.41, 5.74) is 2.83. The Kier molecular flexibility index (Phi) is 5.11. The summed E-state index contributed by atoms with van der Waals surface area (Å²) in [6.07, 6.45) is 0. The first-order valence-electron chi connectivity index (χ1n) is 6.66. The van der Waals surface area contributed by atoms with Gasteiger partial charge >= 0.3 is 0 Å². The van der Waals surface area contributed by atoms with Crippen LogP contribution in [-0.4, -0.2) is 15.5 Å². The monoisotopic (exact) mass is 367 g/mol. The van der Waals surface area contributed by atoms with E-state index in [4.69, 9.17) is 0 Å². The third-order valence-corrected chi connectivity index (χ3v) is 4.38. The van der Waals surface area contributed by atoms with Crippen molar-refractivity contribution >= 4 is 33.4 Å². The number of halogens is 1. The highest BCUT2D eigenvalue weighted by Crippen LogP contribution is 2.25. The first-order valence-corrected chi connectivity index (χ1v) is 8.56. The number of carbonyl (C=O) groups excluding carboxylic acids is 1. The molecule has 0 fully saturated rings. The summed E-state index contributed by atoms with van der Waals surface area (Å²) in [5.74, 6) is -0.112. The molecule has 2 aromatic rings. The number of alkyl halides is 1. The van der Waals surface area contributed by atoms with E-state index in [2.05, 4.69) is 36.9 Å². The molecule has 0 spiro atoms. The molecule has 0 unspecified atom stereocenters. The van der Waals surface area contributed by atoms with Crippen LogP contribution in [0.2, 0.25) is 0 Å². The van der Waals surface area contributed by atoms with E-state index in [-0.39, 0.29) is 11.3 Å². The topological polar surface area (TPSA) is 54.9 Å². The van der Waals surface area contributed by atoms with Gasteiger partial charge in [0, 0.05) is 17.3 Å². The Morgan fingerprint density at radius 1 is 1.33 bits per heavy atom. The third kappa shape index (κ3) is 4.11. The lowest BCUT2D eigenvalue weighted by atomic mass is 9.91. The van der Waals surface area contributed by atoms with Crippen LogP contribution in [0.3, 0.4) is 0 Å². The van der Waals surface area contributed by atoms with E-state index >= 15 is 0 Å². The summed E-state index contributed by atoms with van der Waals surface area (Å²) < 4.78 is 3.92. The molecule has 1 heterocycles. The molecule has 6 heteroatoms. The normalized spacial score (nSPS) is 11.4. The summed E-state index contributed by atoms with van der Waals surface area (Å²) in [7, 11) is 0. The molecule has 112 valence electrons. The van der Waals surface area contributed by atoms with Gasteiger partial charge in [-0.3, -0.25) is 4.79 Å². The zero-order valence-corrected chi connectivity index (χ0v) is 14.7. The van der Waals surface area contributed by atoms with Crippen LogP contribution in [0.5, 0.6) is 0 Å². The standard InChI is InChI=1S/C15H18BrN3OS/c1-15(2,3)13-12(21-19-18-13)14(20)17-9-11-6-4-5-10(7-11)8-16/h4-7H,8-9H2,1-3H3,(H,17,20). The number of rotatable bonds is 4. The van der Waals surface area contributed by atoms with E-state index in [1.807, 2.05) is 39.0 Å². The molecular weight excluding hydrogens is 350 g/mol. The van der Waals surface area contributed by atoms with Crippen molar-refractivity contribution in [3.8, 4) is 0 Å². The Balaban J connectivity index is 2.07. The van der Waals surface area contributed by atoms with Crippen molar-refractivity contribution < 1.29 is 4.79 Å². The van der Waals surface area contributed by atoms with Gasteiger partial charge in [0.25, 0.3) is 5.91 Å². The first kappa shape index (κ1) is 16.1. The average molecular weight is 368 g/mol. The lowest BCUT2D eigenvalue weighted by molar-refractivity contribution is 0.0952. The molecule has 2 rings (SSSR count). The van der Waals surface area contributed by atoms with Gasteiger partial charge in [-0.15, -0.1) is 5.10 Å². The minimum atomic E-state index is -0.185. The number of hydrogen-bond donors (Lipinski definition) is 1. The van der Waals surface area contributed by atoms with Gasteiger partial charge in [-0.1, -0.05) is 65.5 Å². The molecule has 0 atom stereocenters. The minimum absolute atomic E-state index is 0.112. The summed E-state index contributed by atoms with van der Waals surface area (Å²) in [5, 5.41) is 7.84. The number of hydrogen-bond acceptors (Lipinski definition) is 4. The van der Waals surface area contributed by atoms with Gasteiger partial charge in [-0.05, 0) is 22.7 Å². The van der Waals surface area contributed by atoms with Crippen LogP contribution in [0.4, 0.5) is 0 Å². The smallest absolute Gasteiger partial charge is 0.265 e. The van der Waals surface area contributed by atoms with Gasteiger partial charge in [0.15, 0.2) is 0 Å². The van der Waals surface area contributed by atoms with Crippen molar-refractivity contribution in [2.45, 2.75) is 38.1 Å². The van der Waals surface area contributed by atoms with Crippen LogP contribution >= 0.6 is 27.5 Å². The third-order valence-electron chi connectivity index (χ3n) is 3.00. The largest absolute Gasteiger partial charge is 0.347 e. The van der Waals surface area contributed by atoms with Crippen LogP contribution in [-0.2, 0) is 17.3 Å². The number of nitrogens with one attached hydrogen (secondary N) is 1. The minimum Gasteiger partial charge on any atom is -0.347 e. The molecule has 1 aromatic heterocycles. The van der Waals surface area contributed by atoms with E-state index in [1.165, 1.54) is 5.56 Å². The Morgan fingerprint density at radius 3 is 2.71 bits per heavy atom. The van der Waals surface area contributed by atoms with Crippen LogP contribution in [0.25, 0.3) is 0 Å². The molecule has 0 radical (unpaired) electrons. The van der Waals surface area contributed by atoms with Crippen LogP contribution in [0.15, 0.2) is 24.3 Å². The van der Waals surface area contributed by atoms with E-state index in [0.717, 1.165) is 28.1 Å². The van der Waals surface area contributed by atoms with Crippen molar-refractivity contribution in [3.63, 3.8) is 0 Å². The van der Waals surface area contributed by atoms with Crippen LogP contribution in [0, 0.1) is 0 Å². The molecule has 1 amide bonds. The van der Waals surface area contributed by atoms with E-state index in [1.54, 1.807) is 0 Å². The summed E-state index contributed by atoms with van der Waals surface area (Å²) in [6, 6.07) is 8.12. The van der Waals surface area contributed by atoms with E-state index in [0.29, 0.717) is 11.4 Å². The number of amides is 1. The quantitative estimate of drug-likeness (QED) is 0.838. The predicted octanol–water partition coefficient (Wildman–Crippen LogP) is 3.66. The Hall–Kier alpha value is -1.27. The highest BCUT2D eigenvalue weighted by Gasteiger charge is 2.26. The Bertz CT molecular complexity index is 634. The molecule has 0 bridgehead atoms. The lowest BCUT2D eigenvalue weighted by Crippen LogP contribution is -2.25. The van der Waals surface area contributed by atoms with Crippen molar-refractivity contribution in [1.29, 1.82) is 0 Å². The maximum atomic E-state index is 12.3. The van der Waals surface area contributed by atoms with Crippen molar-refractivity contribution in [3.05, 3.63) is 46.0 Å². The zero-order chi connectivity index (χ0) is 15.5. The molecule has 0 saturated carbocycles. The van der Waals surface area contributed by atoms with E-state index < -0.39 is 0 Å². The van der Waals surface area contributed by atoms with Crippen molar-refractivity contribution in [1.82, 2.24) is 14.9 Å². The lowest BCUT2D eigenvalue weighted by Gasteiger charge is -2.16. The van der Waals surface area contributed by atoms with Gasteiger partial charge in [0.05, 0.1) is 5.69 Å². The first-order chi connectivity index (χ1) is 9.91. The fourth-order valence-electron chi connectivity index (χ4n) is 1.92. The Morgan fingerprint density at radius 2 is 2.05 bits per heavy atom. The summed E-state index contributed by atoms with van der Waals surface area (Å²) in [6.45, 7) is 6.58. The van der Waals surface area contributed by atoms with Crippen molar-refractivity contribution in [2.24, 2.45) is 0 Å². The molecule has 0 saturated heterocycles. The maximum absolute atomic E-state index is 12.3. The zero-order valence-electron chi connectivity index (χ0n) is 12.3. The second-order valence-corrected chi connectivity index (χ2v) is 7.15. The molecule has 0 aliphatic rings. The van der Waals surface area contributed by atoms with Gasteiger partial charge in [0.2, 0.25) is 0 Å². The Labute approximate surface area is 137 Å². The summed E-state index contributed by atoms with van der Waals surface area (Å²) >= 11 is 4.58. The van der Waals surface area contributed by atoms with E-state index in [9.17, 15) is 4.79 Å². The second kappa shape index (κ2) is 6.66. The highest BCUT2D eigenvalue weighted by atomic mass is 79.9. The fourth-order valence-corrected chi connectivity index (χ4v) is 3.06. The van der Waals surface area contributed by atoms with Crippen LogP contribution in [0.1, 0.15) is 47.3 Å². The predicted molar refractivity (Wildman–Crippen MR) is 88.9 cm³/mol. The molecule has 1 N–H and O–H groups in total. The molecule has 0 aliphatic heterocycles. The highest BCUT2D eigenvalue weighted by molar-refractivity contribution is 9.08. The number of carbonyl (C=O) groups is 1.